The molecule has 0 aliphatic rings. The lowest BCUT2D eigenvalue weighted by Gasteiger charge is -2.08. The lowest BCUT2D eigenvalue weighted by atomic mass is 10.2. The molecule has 1 unspecified atom stereocenters. The van der Waals surface area contributed by atoms with Gasteiger partial charge in [0.1, 0.15) is 0 Å². The topological polar surface area (TPSA) is 66.4 Å². The number of aliphatic hydroxyl groups excluding tert-OH is 1. The summed E-state index contributed by atoms with van der Waals surface area (Å²) >= 11 is 0. The van der Waals surface area contributed by atoms with Gasteiger partial charge in [0.2, 0.25) is 10.0 Å². The van der Waals surface area contributed by atoms with E-state index in [1.54, 1.807) is 0 Å². The molecule has 0 aromatic carbocycles. The molecule has 5 heteroatoms. The van der Waals surface area contributed by atoms with Crippen LogP contribution in [0.25, 0.3) is 0 Å². The SMILES string of the molecule is CCCS(=O)(=O)NCCC(O)CC. The summed E-state index contributed by atoms with van der Waals surface area (Å²) in [6, 6.07) is 0. The minimum absolute atomic E-state index is 0.162. The third-order valence-electron chi connectivity index (χ3n) is 1.74. The Morgan fingerprint density at radius 1 is 1.38 bits per heavy atom. The maximum absolute atomic E-state index is 11.1. The van der Waals surface area contributed by atoms with E-state index in [0.717, 1.165) is 0 Å². The van der Waals surface area contributed by atoms with Gasteiger partial charge in [-0.1, -0.05) is 13.8 Å². The summed E-state index contributed by atoms with van der Waals surface area (Å²) in [6.45, 7) is 4.02. The van der Waals surface area contributed by atoms with E-state index in [0.29, 0.717) is 25.8 Å². The molecule has 0 saturated carbocycles. The highest BCUT2D eigenvalue weighted by Crippen LogP contribution is 1.96. The van der Waals surface area contributed by atoms with Crippen LogP contribution in [0.4, 0.5) is 0 Å². The van der Waals surface area contributed by atoms with Crippen molar-refractivity contribution >= 4 is 10.0 Å². The van der Waals surface area contributed by atoms with Crippen LogP contribution < -0.4 is 4.72 Å². The molecule has 0 aliphatic heterocycles. The van der Waals surface area contributed by atoms with Crippen LogP contribution in [0.3, 0.4) is 0 Å². The Morgan fingerprint density at radius 3 is 2.46 bits per heavy atom. The van der Waals surface area contributed by atoms with Gasteiger partial charge in [-0.3, -0.25) is 0 Å². The second kappa shape index (κ2) is 6.34. The molecule has 2 N–H and O–H groups in total. The van der Waals surface area contributed by atoms with Gasteiger partial charge in [0, 0.05) is 6.54 Å². The van der Waals surface area contributed by atoms with Gasteiger partial charge in [0.15, 0.2) is 0 Å². The number of rotatable bonds is 7. The van der Waals surface area contributed by atoms with Gasteiger partial charge >= 0.3 is 0 Å². The van der Waals surface area contributed by atoms with Crippen LogP contribution in [0.2, 0.25) is 0 Å². The maximum atomic E-state index is 11.1. The Kier molecular flexibility index (Phi) is 6.28. The Balaban J connectivity index is 3.64. The molecule has 0 rings (SSSR count). The van der Waals surface area contributed by atoms with Gasteiger partial charge in [-0.15, -0.1) is 0 Å². The van der Waals surface area contributed by atoms with Crippen LogP contribution in [0, 0.1) is 0 Å². The van der Waals surface area contributed by atoms with Crippen molar-refractivity contribution in [2.75, 3.05) is 12.3 Å². The second-order valence-electron chi connectivity index (χ2n) is 3.06. The van der Waals surface area contributed by atoms with Crippen molar-refractivity contribution in [3.63, 3.8) is 0 Å². The molecule has 0 aromatic rings. The van der Waals surface area contributed by atoms with Crippen LogP contribution in [0.15, 0.2) is 0 Å². The van der Waals surface area contributed by atoms with Crippen molar-refractivity contribution in [2.45, 2.75) is 39.2 Å². The minimum Gasteiger partial charge on any atom is -0.393 e. The van der Waals surface area contributed by atoms with Gasteiger partial charge in [0.25, 0.3) is 0 Å². The van der Waals surface area contributed by atoms with Crippen molar-refractivity contribution in [3.05, 3.63) is 0 Å². The van der Waals surface area contributed by atoms with E-state index in [1.807, 2.05) is 13.8 Å². The molecular weight excluding hydrogens is 190 g/mol. The molecule has 0 fully saturated rings. The number of nitrogens with one attached hydrogen (secondary N) is 1. The van der Waals surface area contributed by atoms with E-state index in [9.17, 15) is 8.42 Å². The molecule has 0 heterocycles. The highest BCUT2D eigenvalue weighted by molar-refractivity contribution is 7.89. The largest absolute Gasteiger partial charge is 0.393 e. The summed E-state index contributed by atoms with van der Waals surface area (Å²) in [6.07, 6.45) is 1.37. The molecule has 13 heavy (non-hydrogen) atoms. The maximum Gasteiger partial charge on any atom is 0.211 e. The predicted molar refractivity (Wildman–Crippen MR) is 53.0 cm³/mol. The summed E-state index contributed by atoms with van der Waals surface area (Å²) < 4.78 is 24.7. The first-order valence-corrected chi connectivity index (χ1v) is 6.32. The fraction of sp³-hybridized carbons (Fsp3) is 1.00. The smallest absolute Gasteiger partial charge is 0.211 e. The third kappa shape index (κ3) is 6.98. The van der Waals surface area contributed by atoms with E-state index in [4.69, 9.17) is 5.11 Å². The fourth-order valence-corrected chi connectivity index (χ4v) is 2.04. The molecule has 0 radical (unpaired) electrons. The van der Waals surface area contributed by atoms with E-state index in [1.165, 1.54) is 0 Å². The average molecular weight is 209 g/mol. The predicted octanol–water partition coefficient (Wildman–Crippen LogP) is 0.477. The van der Waals surface area contributed by atoms with Gasteiger partial charge in [0.05, 0.1) is 11.9 Å². The van der Waals surface area contributed by atoms with Gasteiger partial charge < -0.3 is 5.11 Å². The van der Waals surface area contributed by atoms with Crippen molar-refractivity contribution in [1.82, 2.24) is 4.72 Å². The molecule has 80 valence electrons. The first-order valence-electron chi connectivity index (χ1n) is 4.67. The summed E-state index contributed by atoms with van der Waals surface area (Å²) in [4.78, 5) is 0. The van der Waals surface area contributed by atoms with Crippen molar-refractivity contribution in [1.29, 1.82) is 0 Å². The second-order valence-corrected chi connectivity index (χ2v) is 4.99. The summed E-state index contributed by atoms with van der Waals surface area (Å²) in [5, 5.41) is 9.15. The summed E-state index contributed by atoms with van der Waals surface area (Å²) in [5.41, 5.74) is 0. The standard InChI is InChI=1S/C8H19NO3S/c1-3-7-13(11,12)9-6-5-8(10)4-2/h8-10H,3-7H2,1-2H3. The van der Waals surface area contributed by atoms with E-state index in [-0.39, 0.29) is 5.75 Å². The van der Waals surface area contributed by atoms with Crippen LogP contribution in [0.5, 0.6) is 0 Å². The number of aliphatic hydroxyl groups is 1. The summed E-state index contributed by atoms with van der Waals surface area (Å²) in [7, 11) is -3.10. The lowest BCUT2D eigenvalue weighted by molar-refractivity contribution is 0.162. The van der Waals surface area contributed by atoms with Gasteiger partial charge in [-0.2, -0.15) is 0 Å². The van der Waals surface area contributed by atoms with Crippen LogP contribution in [-0.4, -0.2) is 31.9 Å². The Morgan fingerprint density at radius 2 is 2.00 bits per heavy atom. The van der Waals surface area contributed by atoms with E-state index < -0.39 is 16.1 Å². The van der Waals surface area contributed by atoms with E-state index >= 15 is 0 Å². The molecular formula is C8H19NO3S. The summed E-state index contributed by atoms with van der Waals surface area (Å²) in [5.74, 6) is 0.162. The van der Waals surface area contributed by atoms with Crippen LogP contribution in [-0.2, 0) is 10.0 Å². The Labute approximate surface area is 80.4 Å². The van der Waals surface area contributed by atoms with Crippen LogP contribution >= 0.6 is 0 Å². The molecule has 0 aliphatic carbocycles. The molecule has 0 spiro atoms. The number of hydrogen-bond donors (Lipinski definition) is 2. The quantitative estimate of drug-likeness (QED) is 0.641. The molecule has 0 bridgehead atoms. The third-order valence-corrected chi connectivity index (χ3v) is 3.33. The van der Waals surface area contributed by atoms with Crippen molar-refractivity contribution in [2.24, 2.45) is 0 Å². The molecule has 0 saturated heterocycles. The van der Waals surface area contributed by atoms with Crippen molar-refractivity contribution in [3.8, 4) is 0 Å². The molecule has 0 amide bonds. The molecule has 4 nitrogen and oxygen atoms in total. The van der Waals surface area contributed by atoms with Crippen LogP contribution in [0.1, 0.15) is 33.1 Å². The first-order chi connectivity index (χ1) is 6.02. The lowest BCUT2D eigenvalue weighted by Crippen LogP contribution is -2.29. The zero-order valence-corrected chi connectivity index (χ0v) is 9.10. The molecule has 1 atom stereocenters. The highest BCUT2D eigenvalue weighted by atomic mass is 32.2. The normalized spacial score (nSPS) is 14.4. The van der Waals surface area contributed by atoms with Crippen molar-refractivity contribution < 1.29 is 13.5 Å². The highest BCUT2D eigenvalue weighted by Gasteiger charge is 2.08. The number of hydrogen-bond acceptors (Lipinski definition) is 3. The first kappa shape index (κ1) is 12.9. The van der Waals surface area contributed by atoms with Gasteiger partial charge in [-0.05, 0) is 19.3 Å². The van der Waals surface area contributed by atoms with E-state index in [2.05, 4.69) is 4.72 Å². The fourth-order valence-electron chi connectivity index (χ4n) is 0.926. The Hall–Kier alpha value is -0.130. The average Bonchev–Trinajstić information content (AvgIpc) is 2.03. The Bertz CT molecular complexity index is 213. The minimum atomic E-state index is -3.10. The molecule has 0 aromatic heterocycles. The zero-order chi connectivity index (χ0) is 10.3. The number of sulfonamides is 1. The zero-order valence-electron chi connectivity index (χ0n) is 8.28. The van der Waals surface area contributed by atoms with Gasteiger partial charge in [-0.25, -0.2) is 13.1 Å². The monoisotopic (exact) mass is 209 g/mol.